The van der Waals surface area contributed by atoms with Gasteiger partial charge in [-0.25, -0.2) is 0 Å². The molecule has 1 amide bonds. The van der Waals surface area contributed by atoms with Crippen molar-refractivity contribution in [2.24, 2.45) is 11.1 Å². The topological polar surface area (TPSA) is 64.3 Å². The zero-order chi connectivity index (χ0) is 12.3. The highest BCUT2D eigenvalue weighted by Crippen LogP contribution is 2.54. The van der Waals surface area contributed by atoms with Gasteiger partial charge in [-0.3, -0.25) is 4.79 Å². The van der Waals surface area contributed by atoms with Crippen LogP contribution in [0.25, 0.3) is 0 Å². The third-order valence-electron chi connectivity index (χ3n) is 4.39. The number of halogens is 1. The van der Waals surface area contributed by atoms with Crippen LogP contribution >= 0.6 is 12.4 Å². The molecule has 2 saturated carbocycles. The summed E-state index contributed by atoms with van der Waals surface area (Å²) in [7, 11) is 0. The monoisotopic (exact) mass is 276 g/mol. The van der Waals surface area contributed by atoms with E-state index < -0.39 is 0 Å². The van der Waals surface area contributed by atoms with Gasteiger partial charge in [-0.1, -0.05) is 12.8 Å². The van der Waals surface area contributed by atoms with Crippen LogP contribution in [0.4, 0.5) is 0 Å². The molecule has 0 heterocycles. The first kappa shape index (κ1) is 15.7. The Labute approximate surface area is 115 Å². The van der Waals surface area contributed by atoms with Gasteiger partial charge in [0.25, 0.3) is 0 Å². The summed E-state index contributed by atoms with van der Waals surface area (Å²) >= 11 is 0. The molecule has 0 saturated heterocycles. The van der Waals surface area contributed by atoms with Crippen LogP contribution in [0.5, 0.6) is 0 Å². The molecule has 2 aliphatic rings. The largest absolute Gasteiger partial charge is 0.378 e. The third kappa shape index (κ3) is 2.81. The number of nitrogens with two attached hydrogens (primary N) is 1. The Morgan fingerprint density at radius 1 is 1.44 bits per heavy atom. The number of nitrogens with one attached hydrogen (secondary N) is 1. The summed E-state index contributed by atoms with van der Waals surface area (Å²) in [6.07, 6.45) is 6.71. The van der Waals surface area contributed by atoms with Gasteiger partial charge >= 0.3 is 0 Å². The molecule has 0 radical (unpaired) electrons. The summed E-state index contributed by atoms with van der Waals surface area (Å²) in [4.78, 5) is 11.6. The van der Waals surface area contributed by atoms with Gasteiger partial charge in [0.1, 0.15) is 0 Å². The van der Waals surface area contributed by atoms with E-state index in [1.807, 2.05) is 6.92 Å². The number of amides is 1. The van der Waals surface area contributed by atoms with Crippen LogP contribution in [0.2, 0.25) is 0 Å². The first-order chi connectivity index (χ1) is 8.23. The summed E-state index contributed by atoms with van der Waals surface area (Å²) in [5.74, 6) is 0.0960. The molecule has 5 heteroatoms. The van der Waals surface area contributed by atoms with Gasteiger partial charge in [0.15, 0.2) is 0 Å². The molecule has 0 aromatic heterocycles. The second-order valence-corrected chi connectivity index (χ2v) is 5.28. The second-order valence-electron chi connectivity index (χ2n) is 5.28. The van der Waals surface area contributed by atoms with Crippen LogP contribution in [-0.4, -0.2) is 31.2 Å². The Bertz CT molecular complexity index is 280. The molecular formula is C13H25ClN2O2. The summed E-state index contributed by atoms with van der Waals surface area (Å²) < 4.78 is 5.81. The molecular weight excluding hydrogens is 252 g/mol. The lowest BCUT2D eigenvalue weighted by Gasteiger charge is -2.54. The minimum Gasteiger partial charge on any atom is -0.378 e. The van der Waals surface area contributed by atoms with Crippen LogP contribution in [0, 0.1) is 5.41 Å². The number of hydrogen-bond donors (Lipinski definition) is 2. The Morgan fingerprint density at radius 2 is 2.11 bits per heavy atom. The fourth-order valence-electron chi connectivity index (χ4n) is 3.49. The molecule has 0 aromatic rings. The van der Waals surface area contributed by atoms with Gasteiger partial charge in [-0.05, 0) is 26.2 Å². The lowest BCUT2D eigenvalue weighted by atomic mass is 9.60. The summed E-state index contributed by atoms with van der Waals surface area (Å²) in [5, 5.41) is 3.14. The van der Waals surface area contributed by atoms with Crippen LogP contribution in [0.3, 0.4) is 0 Å². The molecule has 18 heavy (non-hydrogen) atoms. The molecule has 2 fully saturated rings. The maximum absolute atomic E-state index is 11.6. The van der Waals surface area contributed by atoms with Crippen LogP contribution in [0.1, 0.15) is 45.4 Å². The maximum atomic E-state index is 11.6. The highest BCUT2D eigenvalue weighted by molar-refractivity contribution is 5.85. The van der Waals surface area contributed by atoms with Crippen molar-refractivity contribution in [3.63, 3.8) is 0 Å². The Kier molecular flexibility index (Phi) is 5.89. The average Bonchev–Trinajstić information content (AvgIpc) is 2.80. The molecule has 2 atom stereocenters. The molecule has 2 aliphatic carbocycles. The molecule has 0 aromatic carbocycles. The van der Waals surface area contributed by atoms with Gasteiger partial charge in [-0.15, -0.1) is 12.4 Å². The molecule has 4 nitrogen and oxygen atoms in total. The lowest BCUT2D eigenvalue weighted by molar-refractivity contribution is -0.144. The predicted octanol–water partition coefficient (Wildman–Crippen LogP) is 1.61. The number of carbonyl (C=O) groups is 1. The van der Waals surface area contributed by atoms with E-state index in [0.717, 1.165) is 13.0 Å². The Hall–Kier alpha value is -0.320. The van der Waals surface area contributed by atoms with Crippen molar-refractivity contribution in [3.8, 4) is 0 Å². The van der Waals surface area contributed by atoms with Crippen LogP contribution < -0.4 is 11.1 Å². The highest BCUT2D eigenvalue weighted by atomic mass is 35.5. The zero-order valence-corrected chi connectivity index (χ0v) is 11.9. The van der Waals surface area contributed by atoms with Crippen molar-refractivity contribution < 1.29 is 9.53 Å². The zero-order valence-electron chi connectivity index (χ0n) is 11.1. The van der Waals surface area contributed by atoms with Crippen molar-refractivity contribution in [2.75, 3.05) is 13.2 Å². The number of hydrogen-bond acceptors (Lipinski definition) is 3. The SMILES string of the molecule is CCOC1CC(NC(=O)CCN)C12CCCC2.Cl. The summed E-state index contributed by atoms with van der Waals surface area (Å²) in [6.45, 7) is 3.25. The van der Waals surface area contributed by atoms with E-state index in [0.29, 0.717) is 25.1 Å². The van der Waals surface area contributed by atoms with Crippen LogP contribution in [0.15, 0.2) is 0 Å². The van der Waals surface area contributed by atoms with E-state index in [1.165, 1.54) is 25.7 Å². The first-order valence-corrected chi connectivity index (χ1v) is 6.84. The van der Waals surface area contributed by atoms with Crippen LogP contribution in [-0.2, 0) is 9.53 Å². The van der Waals surface area contributed by atoms with Gasteiger partial charge in [0, 0.05) is 31.0 Å². The van der Waals surface area contributed by atoms with E-state index in [9.17, 15) is 4.79 Å². The highest BCUT2D eigenvalue weighted by Gasteiger charge is 2.56. The Morgan fingerprint density at radius 3 is 2.67 bits per heavy atom. The van der Waals surface area contributed by atoms with Gasteiger partial charge in [-0.2, -0.15) is 0 Å². The first-order valence-electron chi connectivity index (χ1n) is 6.84. The smallest absolute Gasteiger partial charge is 0.221 e. The quantitative estimate of drug-likeness (QED) is 0.802. The normalized spacial score (nSPS) is 28.6. The van der Waals surface area contributed by atoms with E-state index >= 15 is 0 Å². The minimum atomic E-state index is 0. The molecule has 106 valence electrons. The van der Waals surface area contributed by atoms with E-state index in [-0.39, 0.29) is 23.7 Å². The standard InChI is InChI=1S/C13H24N2O2.ClH/c1-2-17-11-9-10(15-12(16)5-8-14)13(11)6-3-4-7-13;/h10-11H,2-9,14H2,1H3,(H,15,16);1H. The van der Waals surface area contributed by atoms with Crippen molar-refractivity contribution in [2.45, 2.75) is 57.6 Å². The van der Waals surface area contributed by atoms with Crippen molar-refractivity contribution in [1.29, 1.82) is 0 Å². The molecule has 0 bridgehead atoms. The maximum Gasteiger partial charge on any atom is 0.221 e. The predicted molar refractivity (Wildman–Crippen MR) is 73.8 cm³/mol. The molecule has 2 unspecified atom stereocenters. The number of ether oxygens (including phenoxy) is 1. The third-order valence-corrected chi connectivity index (χ3v) is 4.39. The molecule has 1 spiro atoms. The lowest BCUT2D eigenvalue weighted by Crippen LogP contribution is -2.63. The summed E-state index contributed by atoms with van der Waals surface area (Å²) in [5.41, 5.74) is 5.64. The molecule has 0 aliphatic heterocycles. The van der Waals surface area contributed by atoms with Crippen molar-refractivity contribution >= 4 is 18.3 Å². The molecule has 2 rings (SSSR count). The number of rotatable bonds is 5. The minimum absolute atomic E-state index is 0. The fourth-order valence-corrected chi connectivity index (χ4v) is 3.49. The molecule has 3 N–H and O–H groups in total. The van der Waals surface area contributed by atoms with E-state index in [1.54, 1.807) is 0 Å². The Balaban J connectivity index is 0.00000162. The van der Waals surface area contributed by atoms with Crippen molar-refractivity contribution in [1.82, 2.24) is 5.32 Å². The average molecular weight is 277 g/mol. The fraction of sp³-hybridized carbons (Fsp3) is 0.923. The van der Waals surface area contributed by atoms with Crippen molar-refractivity contribution in [3.05, 3.63) is 0 Å². The van der Waals surface area contributed by atoms with Gasteiger partial charge in [0.2, 0.25) is 5.91 Å². The van der Waals surface area contributed by atoms with E-state index in [2.05, 4.69) is 5.32 Å². The summed E-state index contributed by atoms with van der Waals surface area (Å²) in [6, 6.07) is 0.320. The van der Waals surface area contributed by atoms with Gasteiger partial charge < -0.3 is 15.8 Å². The second kappa shape index (κ2) is 6.73. The van der Waals surface area contributed by atoms with E-state index in [4.69, 9.17) is 10.5 Å². The number of carbonyl (C=O) groups excluding carboxylic acids is 1. The van der Waals surface area contributed by atoms with Gasteiger partial charge in [0.05, 0.1) is 6.10 Å².